The van der Waals surface area contributed by atoms with Crippen molar-refractivity contribution in [2.75, 3.05) is 0 Å². The van der Waals surface area contributed by atoms with Crippen LogP contribution in [0.15, 0.2) is 116 Å². The van der Waals surface area contributed by atoms with Crippen LogP contribution in [-0.4, -0.2) is 147 Å². The molecule has 8 aliphatic heterocycles. The van der Waals surface area contributed by atoms with Crippen molar-refractivity contribution in [1.29, 1.82) is 0 Å². The minimum Gasteiger partial charge on any atom is -0.488 e. The first-order valence-electron chi connectivity index (χ1n) is 31.1. The summed E-state index contributed by atoms with van der Waals surface area (Å²) in [4.78, 5) is 158. The van der Waals surface area contributed by atoms with Crippen molar-refractivity contribution in [2.45, 2.75) is 187 Å². The van der Waals surface area contributed by atoms with Gasteiger partial charge in [0.1, 0.15) is 52.7 Å². The summed E-state index contributed by atoms with van der Waals surface area (Å²) < 4.78 is 25.8. The molecule has 0 aromatic heterocycles. The second-order valence-electron chi connectivity index (χ2n) is 28.0. The first kappa shape index (κ1) is 68.4. The molecule has 4 aromatic carbocycles. The van der Waals surface area contributed by atoms with Gasteiger partial charge in [-0.25, -0.2) is 4.39 Å². The number of ether oxygens (including phenoxy) is 2. The lowest BCUT2D eigenvalue weighted by atomic mass is 9.94. The summed E-state index contributed by atoms with van der Waals surface area (Å²) in [5, 5.41) is 5.36. The van der Waals surface area contributed by atoms with Crippen molar-refractivity contribution in [3.05, 3.63) is 166 Å². The molecule has 2 N–H and O–H groups in total. The fraction of sp³-hybridized carbons (Fsp3) is 0.408. The lowest BCUT2D eigenvalue weighted by molar-refractivity contribution is -0.157. The van der Waals surface area contributed by atoms with Gasteiger partial charge >= 0.3 is 0 Å². The number of piperidine rings is 4. The highest BCUT2D eigenvalue weighted by molar-refractivity contribution is 6.25. The van der Waals surface area contributed by atoms with Crippen LogP contribution < -0.4 is 20.1 Å². The molecular weight excluding hydrogens is 1210 g/mol. The van der Waals surface area contributed by atoms with Crippen molar-refractivity contribution in [3.63, 3.8) is 0 Å². The van der Waals surface area contributed by atoms with E-state index in [2.05, 4.69) is 30.4 Å². The van der Waals surface area contributed by atoms with E-state index >= 15 is 0 Å². The van der Waals surface area contributed by atoms with E-state index in [9.17, 15) is 61.9 Å². The zero-order valence-electron chi connectivity index (χ0n) is 55.1. The van der Waals surface area contributed by atoms with Crippen LogP contribution >= 0.6 is 0 Å². The highest BCUT2D eigenvalue weighted by atomic mass is 19.1. The van der Waals surface area contributed by atoms with Crippen LogP contribution in [0.25, 0.3) is 0 Å². The molecule has 0 radical (unpaired) electrons. The maximum atomic E-state index is 14.0. The van der Waals surface area contributed by atoms with Crippen LogP contribution in [0, 0.1) is 5.82 Å². The van der Waals surface area contributed by atoms with Gasteiger partial charge in [-0.05, 0) is 177 Å². The summed E-state index contributed by atoms with van der Waals surface area (Å²) in [6.45, 7) is 34.2. The Morgan fingerprint density at radius 2 is 0.830 bits per heavy atom. The Kier molecular flexibility index (Phi) is 18.6. The fourth-order valence-corrected chi connectivity index (χ4v) is 12.7. The van der Waals surface area contributed by atoms with Gasteiger partial charge in [0.2, 0.25) is 17.7 Å². The highest BCUT2D eigenvalue weighted by Crippen LogP contribution is 2.40. The molecule has 4 saturated heterocycles. The van der Waals surface area contributed by atoms with Crippen LogP contribution in [0.3, 0.4) is 0 Å². The number of rotatable bonds is 6. The lowest BCUT2D eigenvalue weighted by Gasteiger charge is -2.44. The molecule has 23 heteroatoms. The summed E-state index contributed by atoms with van der Waals surface area (Å²) in [5.41, 5.74) is 2.31. The molecule has 94 heavy (non-hydrogen) atoms. The molecule has 0 spiro atoms. The van der Waals surface area contributed by atoms with Gasteiger partial charge in [0, 0.05) is 45.7 Å². The standard InChI is InChI=1S/C18H19FN2O3.C18H20N2O4.C18H22N2O3.C17H18N2O4/c1-10-8-9-13(16(23)21(10)18(2,3)4)20-15(22)11-6-5-7-12(19)14(11)17(20)24;1-10-8-9-12(15(21)19-10)20-16(22)11-6-5-7-13(14(11)17(20)23)24-18(2,3)4;1-11-8-9-14(16(21)19-11)20-10-13-12(17(20)22)6-5-7-15(13)23-18(2,3)4;1-17(2,3)19-13(20)9-8-12(16(19)23)18-14(21)10-6-4-5-7-11(10)15(18)22/h5-7,13H,1,8-9H2,2-4H3;5-7,12H,1,8-9H2,2-4H3,(H,19,21);5-7,14H,1,8-10H2,2-4H3,(H,19,21);4-7,12H,8-9H2,1-3H3. The third-order valence-electron chi connectivity index (χ3n) is 16.6. The SMILES string of the molecule is C=C1CCC(N2C(=O)c3cccc(F)c3C2=O)C(=O)N1C(C)(C)C.C=C1CCC(N2C(=O)c3cccc(OC(C)(C)C)c3C2=O)C(=O)N1.C=C1CCC(N2Cc3c(OC(C)(C)C)cccc3C2=O)C(=O)N1.CC(C)(C)N1C(=O)CCC(N2C(=O)c3ccccc3C2=O)C1=O. The zero-order chi connectivity index (χ0) is 69.2. The smallest absolute Gasteiger partial charge is 0.266 e. The number of nitrogens with one attached hydrogen (secondary N) is 2. The Morgan fingerprint density at radius 3 is 1.34 bits per heavy atom. The van der Waals surface area contributed by atoms with Gasteiger partial charge in [-0.2, -0.15) is 0 Å². The molecule has 8 aliphatic rings. The second kappa shape index (κ2) is 25.5. The number of halogens is 1. The first-order valence-corrected chi connectivity index (χ1v) is 31.1. The van der Waals surface area contributed by atoms with Crippen LogP contribution in [0.4, 0.5) is 4.39 Å². The quantitative estimate of drug-likeness (QED) is 0.171. The molecular formula is C71H79FN8O14. The van der Waals surface area contributed by atoms with Gasteiger partial charge in [-0.15, -0.1) is 0 Å². The number of benzene rings is 4. The minimum absolute atomic E-state index is 0.0134. The molecule has 494 valence electrons. The largest absolute Gasteiger partial charge is 0.488 e. The molecule has 4 atom stereocenters. The van der Waals surface area contributed by atoms with Crippen LogP contribution in [0.2, 0.25) is 0 Å². The summed E-state index contributed by atoms with van der Waals surface area (Å²) in [6, 6.07) is 17.8. The van der Waals surface area contributed by atoms with E-state index in [0.717, 1.165) is 26.3 Å². The third kappa shape index (κ3) is 13.3. The monoisotopic (exact) mass is 1290 g/mol. The summed E-state index contributed by atoms with van der Waals surface area (Å²) in [5.74, 6) is -4.63. The molecule has 0 bridgehead atoms. The van der Waals surface area contributed by atoms with Gasteiger partial charge in [0.05, 0.1) is 39.9 Å². The molecule has 4 fully saturated rings. The maximum Gasteiger partial charge on any atom is 0.266 e. The van der Waals surface area contributed by atoms with E-state index in [-0.39, 0.29) is 70.2 Å². The summed E-state index contributed by atoms with van der Waals surface area (Å²) in [7, 11) is 0. The average Bonchev–Trinajstić information content (AvgIpc) is 1.59. The molecule has 22 nitrogen and oxygen atoms in total. The number of allylic oxidation sites excluding steroid dienone is 3. The lowest BCUT2D eigenvalue weighted by Crippen LogP contribution is -2.61. The third-order valence-corrected chi connectivity index (χ3v) is 16.6. The number of carbonyl (C=O) groups excluding carboxylic acids is 12. The first-order chi connectivity index (χ1) is 43.8. The summed E-state index contributed by atoms with van der Waals surface area (Å²) >= 11 is 0. The van der Waals surface area contributed by atoms with E-state index in [1.165, 1.54) is 21.9 Å². The Labute approximate surface area is 545 Å². The van der Waals surface area contributed by atoms with Crippen molar-refractivity contribution in [3.8, 4) is 11.5 Å². The molecule has 0 aliphatic carbocycles. The van der Waals surface area contributed by atoms with Crippen molar-refractivity contribution < 1.29 is 71.4 Å². The van der Waals surface area contributed by atoms with Crippen molar-refractivity contribution in [2.24, 2.45) is 0 Å². The van der Waals surface area contributed by atoms with Crippen LogP contribution in [-0.2, 0) is 30.5 Å². The number of likely N-dealkylation sites (tertiary alicyclic amines) is 2. The van der Waals surface area contributed by atoms with E-state index in [4.69, 9.17) is 9.47 Å². The number of nitrogens with zero attached hydrogens (tertiary/aromatic N) is 6. The molecule has 12 amide bonds. The Hall–Kier alpha value is -9.93. The number of hydrogen-bond acceptors (Lipinski definition) is 14. The second-order valence-corrected chi connectivity index (χ2v) is 28.0. The van der Waals surface area contributed by atoms with Crippen LogP contribution in [0.1, 0.15) is 213 Å². The number of amides is 12. The average molecular weight is 1290 g/mol. The van der Waals surface area contributed by atoms with E-state index in [1.54, 1.807) is 74.2 Å². The van der Waals surface area contributed by atoms with Crippen molar-refractivity contribution >= 4 is 70.9 Å². The van der Waals surface area contributed by atoms with Gasteiger partial charge in [0.25, 0.3) is 53.2 Å². The number of imide groups is 4. The Morgan fingerprint density at radius 1 is 0.426 bits per heavy atom. The van der Waals surface area contributed by atoms with Crippen molar-refractivity contribution in [1.82, 2.24) is 40.0 Å². The minimum atomic E-state index is -0.929. The van der Waals surface area contributed by atoms with E-state index < -0.39 is 88.0 Å². The van der Waals surface area contributed by atoms with Gasteiger partial charge < -0.3 is 29.9 Å². The molecule has 4 aromatic rings. The maximum absolute atomic E-state index is 14.0. The summed E-state index contributed by atoms with van der Waals surface area (Å²) in [6.07, 6.45) is 3.33. The molecule has 12 rings (SSSR count). The Balaban J connectivity index is 0.000000148. The van der Waals surface area contributed by atoms with E-state index in [0.29, 0.717) is 90.4 Å². The normalized spacial score (nSPS) is 21.4. The predicted molar refractivity (Wildman–Crippen MR) is 342 cm³/mol. The molecule has 4 unspecified atom stereocenters. The van der Waals surface area contributed by atoms with Crippen LogP contribution in [0.5, 0.6) is 11.5 Å². The molecule has 8 heterocycles. The topological polar surface area (TPSA) is 267 Å². The Bertz CT molecular complexity index is 3940. The number of hydrogen-bond donors (Lipinski definition) is 2. The number of carbonyl (C=O) groups is 12. The van der Waals surface area contributed by atoms with Gasteiger partial charge in [-0.1, -0.05) is 50.1 Å². The predicted octanol–water partition coefficient (Wildman–Crippen LogP) is 9.19. The fourth-order valence-electron chi connectivity index (χ4n) is 12.7. The van der Waals surface area contributed by atoms with E-state index in [1.807, 2.05) is 74.4 Å². The molecule has 0 saturated carbocycles. The zero-order valence-corrected chi connectivity index (χ0v) is 55.1. The number of fused-ring (bicyclic) bond motifs is 4. The van der Waals surface area contributed by atoms with Gasteiger partial charge in [-0.3, -0.25) is 77.1 Å². The highest BCUT2D eigenvalue weighted by Gasteiger charge is 2.52. The van der Waals surface area contributed by atoms with Gasteiger partial charge in [0.15, 0.2) is 0 Å².